The van der Waals surface area contributed by atoms with Crippen LogP contribution in [-0.2, 0) is 4.79 Å². The molecule has 1 unspecified atom stereocenters. The summed E-state index contributed by atoms with van der Waals surface area (Å²) in [4.78, 5) is 19.0. The number of carbonyl (C=O) groups excluding carboxylic acids is 1. The molecule has 0 spiro atoms. The predicted molar refractivity (Wildman–Crippen MR) is 92.3 cm³/mol. The number of aryl methyl sites for hydroxylation is 1. The standard InChI is InChI=1S/C19H25N3O2/c1-3-4-11-17(23)22-12-6-5-10-16(22)19-20-18(21-24-19)15-9-7-8-14(2)13-15/h7-9,13,16H,3-6,10-12H2,1-2H3. The Morgan fingerprint density at radius 2 is 2.25 bits per heavy atom. The lowest BCUT2D eigenvalue weighted by Crippen LogP contribution is -2.38. The average molecular weight is 327 g/mol. The summed E-state index contributed by atoms with van der Waals surface area (Å²) in [7, 11) is 0. The van der Waals surface area contributed by atoms with E-state index in [9.17, 15) is 4.79 Å². The topological polar surface area (TPSA) is 59.2 Å². The first kappa shape index (κ1) is 16.7. The lowest BCUT2D eigenvalue weighted by atomic mass is 10.0. The number of amides is 1. The highest BCUT2D eigenvalue weighted by atomic mass is 16.5. The molecule has 5 heteroatoms. The minimum Gasteiger partial charge on any atom is -0.337 e. The molecule has 0 bridgehead atoms. The highest BCUT2D eigenvalue weighted by Crippen LogP contribution is 2.31. The van der Waals surface area contributed by atoms with Crippen molar-refractivity contribution in [2.45, 2.75) is 58.4 Å². The van der Waals surface area contributed by atoms with Crippen molar-refractivity contribution >= 4 is 5.91 Å². The molecule has 1 aliphatic rings. The van der Waals surface area contributed by atoms with Crippen LogP contribution < -0.4 is 0 Å². The second-order valence-corrected chi connectivity index (χ2v) is 6.53. The molecular formula is C19H25N3O2. The molecule has 1 saturated heterocycles. The van der Waals surface area contributed by atoms with Gasteiger partial charge >= 0.3 is 0 Å². The maximum atomic E-state index is 12.5. The molecule has 1 aromatic carbocycles. The molecule has 1 fully saturated rings. The third-order valence-electron chi connectivity index (χ3n) is 4.57. The first-order chi connectivity index (χ1) is 11.7. The summed E-state index contributed by atoms with van der Waals surface area (Å²) in [5, 5.41) is 4.13. The number of hydrogen-bond donors (Lipinski definition) is 0. The monoisotopic (exact) mass is 327 g/mol. The van der Waals surface area contributed by atoms with E-state index in [-0.39, 0.29) is 11.9 Å². The summed E-state index contributed by atoms with van der Waals surface area (Å²) < 4.78 is 5.53. The highest BCUT2D eigenvalue weighted by Gasteiger charge is 2.31. The minimum atomic E-state index is -0.0748. The van der Waals surface area contributed by atoms with Gasteiger partial charge in [-0.25, -0.2) is 0 Å². The Labute approximate surface area is 143 Å². The number of nitrogens with zero attached hydrogens (tertiary/aromatic N) is 3. The fourth-order valence-electron chi connectivity index (χ4n) is 3.23. The number of rotatable bonds is 5. The fraction of sp³-hybridized carbons (Fsp3) is 0.526. The molecule has 0 saturated carbocycles. The van der Waals surface area contributed by atoms with Crippen LogP contribution in [0.2, 0.25) is 0 Å². The van der Waals surface area contributed by atoms with E-state index in [4.69, 9.17) is 4.52 Å². The number of aromatic nitrogens is 2. The van der Waals surface area contributed by atoms with Gasteiger partial charge in [-0.3, -0.25) is 4.79 Å². The molecule has 2 heterocycles. The molecule has 1 atom stereocenters. The molecule has 1 aromatic heterocycles. The average Bonchev–Trinajstić information content (AvgIpc) is 3.09. The van der Waals surface area contributed by atoms with Crippen molar-refractivity contribution in [1.82, 2.24) is 15.0 Å². The smallest absolute Gasteiger partial charge is 0.249 e. The Morgan fingerprint density at radius 1 is 1.38 bits per heavy atom. The molecule has 1 amide bonds. The summed E-state index contributed by atoms with van der Waals surface area (Å²) in [6.45, 7) is 4.93. The van der Waals surface area contributed by atoms with E-state index in [0.717, 1.165) is 49.8 Å². The van der Waals surface area contributed by atoms with Crippen LogP contribution in [0.4, 0.5) is 0 Å². The molecular weight excluding hydrogens is 302 g/mol. The molecule has 1 aliphatic heterocycles. The first-order valence-electron chi connectivity index (χ1n) is 8.89. The van der Waals surface area contributed by atoms with Crippen molar-refractivity contribution in [2.24, 2.45) is 0 Å². The maximum absolute atomic E-state index is 12.5. The van der Waals surface area contributed by atoms with Crippen LogP contribution in [0, 0.1) is 6.92 Å². The molecule has 3 rings (SSSR count). The van der Waals surface area contributed by atoms with Gasteiger partial charge in [-0.15, -0.1) is 0 Å². The first-order valence-corrected chi connectivity index (χ1v) is 8.89. The van der Waals surface area contributed by atoms with Crippen molar-refractivity contribution < 1.29 is 9.32 Å². The second kappa shape index (κ2) is 7.60. The van der Waals surface area contributed by atoms with Gasteiger partial charge in [0.1, 0.15) is 6.04 Å². The highest BCUT2D eigenvalue weighted by molar-refractivity contribution is 5.76. The van der Waals surface area contributed by atoms with Crippen molar-refractivity contribution in [2.75, 3.05) is 6.54 Å². The Kier molecular flexibility index (Phi) is 5.28. The predicted octanol–water partition coefficient (Wildman–Crippen LogP) is 4.29. The van der Waals surface area contributed by atoms with Crippen LogP contribution in [0.3, 0.4) is 0 Å². The molecule has 5 nitrogen and oxygen atoms in total. The zero-order valence-corrected chi connectivity index (χ0v) is 14.5. The molecule has 2 aromatic rings. The minimum absolute atomic E-state index is 0.0748. The van der Waals surface area contributed by atoms with Crippen LogP contribution in [-0.4, -0.2) is 27.5 Å². The largest absolute Gasteiger partial charge is 0.337 e. The summed E-state index contributed by atoms with van der Waals surface area (Å²) in [5.41, 5.74) is 2.11. The Bertz CT molecular complexity index is 695. The zero-order valence-electron chi connectivity index (χ0n) is 14.5. The van der Waals surface area contributed by atoms with Crippen LogP contribution in [0.1, 0.15) is 62.9 Å². The Balaban J connectivity index is 1.80. The lowest BCUT2D eigenvalue weighted by molar-refractivity contribution is -0.135. The molecule has 0 N–H and O–H groups in total. The quantitative estimate of drug-likeness (QED) is 0.822. The van der Waals surface area contributed by atoms with E-state index in [0.29, 0.717) is 18.1 Å². The fourth-order valence-corrected chi connectivity index (χ4v) is 3.23. The van der Waals surface area contributed by atoms with E-state index in [1.165, 1.54) is 0 Å². The normalized spacial score (nSPS) is 17.9. The van der Waals surface area contributed by atoms with Gasteiger partial charge in [0.05, 0.1) is 0 Å². The lowest BCUT2D eigenvalue weighted by Gasteiger charge is -2.33. The van der Waals surface area contributed by atoms with Gasteiger partial charge < -0.3 is 9.42 Å². The Hall–Kier alpha value is -2.17. The van der Waals surface area contributed by atoms with Gasteiger partial charge in [0.15, 0.2) is 0 Å². The van der Waals surface area contributed by atoms with E-state index >= 15 is 0 Å². The molecule has 24 heavy (non-hydrogen) atoms. The van der Waals surface area contributed by atoms with Gasteiger partial charge in [-0.2, -0.15) is 4.98 Å². The number of piperidine rings is 1. The number of benzene rings is 1. The van der Waals surface area contributed by atoms with Crippen LogP contribution in [0.25, 0.3) is 11.4 Å². The van der Waals surface area contributed by atoms with Crippen molar-refractivity contribution in [3.63, 3.8) is 0 Å². The summed E-state index contributed by atoms with van der Waals surface area (Å²) >= 11 is 0. The van der Waals surface area contributed by atoms with Gasteiger partial charge in [0, 0.05) is 18.5 Å². The van der Waals surface area contributed by atoms with Crippen LogP contribution in [0.15, 0.2) is 28.8 Å². The van der Waals surface area contributed by atoms with Crippen molar-refractivity contribution in [3.05, 3.63) is 35.7 Å². The summed E-state index contributed by atoms with van der Waals surface area (Å²) in [6.07, 6.45) is 5.60. The molecule has 128 valence electrons. The van der Waals surface area contributed by atoms with Crippen LogP contribution in [0.5, 0.6) is 0 Å². The van der Waals surface area contributed by atoms with Gasteiger partial charge in [0.2, 0.25) is 17.6 Å². The molecule has 0 aliphatic carbocycles. The number of carbonyl (C=O) groups is 1. The maximum Gasteiger partial charge on any atom is 0.249 e. The van der Waals surface area contributed by atoms with E-state index in [2.05, 4.69) is 17.1 Å². The van der Waals surface area contributed by atoms with Gasteiger partial charge in [0.25, 0.3) is 0 Å². The van der Waals surface area contributed by atoms with Gasteiger partial charge in [-0.05, 0) is 38.7 Å². The zero-order chi connectivity index (χ0) is 16.9. The molecule has 0 radical (unpaired) electrons. The van der Waals surface area contributed by atoms with E-state index in [1.54, 1.807) is 0 Å². The van der Waals surface area contributed by atoms with E-state index < -0.39 is 0 Å². The summed E-state index contributed by atoms with van der Waals surface area (Å²) in [5.74, 6) is 1.37. The van der Waals surface area contributed by atoms with Crippen molar-refractivity contribution in [3.8, 4) is 11.4 Å². The number of likely N-dealkylation sites (tertiary alicyclic amines) is 1. The third-order valence-corrected chi connectivity index (χ3v) is 4.57. The third kappa shape index (κ3) is 3.66. The van der Waals surface area contributed by atoms with Crippen LogP contribution >= 0.6 is 0 Å². The number of unbranched alkanes of at least 4 members (excludes halogenated alkanes) is 1. The van der Waals surface area contributed by atoms with E-state index in [1.807, 2.05) is 36.1 Å². The Morgan fingerprint density at radius 3 is 3.04 bits per heavy atom. The number of hydrogen-bond acceptors (Lipinski definition) is 4. The van der Waals surface area contributed by atoms with Gasteiger partial charge in [-0.1, -0.05) is 42.3 Å². The van der Waals surface area contributed by atoms with Crippen molar-refractivity contribution in [1.29, 1.82) is 0 Å². The summed E-state index contributed by atoms with van der Waals surface area (Å²) in [6, 6.07) is 7.97. The SMILES string of the molecule is CCCCC(=O)N1CCCCC1c1nc(-c2cccc(C)c2)no1. The second-order valence-electron chi connectivity index (χ2n) is 6.53.